The third kappa shape index (κ3) is 7.56. The molecule has 0 saturated carbocycles. The SMILES string of the molecule is NC(N)=NCCCC(=O)NCC(N)C(=O)O. The van der Waals surface area contributed by atoms with Crippen LogP contribution in [-0.4, -0.2) is 42.1 Å². The first-order valence-electron chi connectivity index (χ1n) is 4.74. The van der Waals surface area contributed by atoms with Crippen molar-refractivity contribution in [3.63, 3.8) is 0 Å². The molecule has 0 heterocycles. The fraction of sp³-hybridized carbons (Fsp3) is 0.625. The molecule has 1 atom stereocenters. The number of rotatable bonds is 7. The van der Waals surface area contributed by atoms with Crippen molar-refractivity contribution < 1.29 is 14.7 Å². The topological polar surface area (TPSA) is 157 Å². The fourth-order valence-electron chi connectivity index (χ4n) is 0.847. The molecule has 0 aromatic heterocycles. The lowest BCUT2D eigenvalue weighted by atomic mass is 10.2. The van der Waals surface area contributed by atoms with Crippen molar-refractivity contribution in [1.29, 1.82) is 0 Å². The lowest BCUT2D eigenvalue weighted by Crippen LogP contribution is -2.42. The molecule has 0 aromatic rings. The summed E-state index contributed by atoms with van der Waals surface area (Å²) in [6.07, 6.45) is 0.717. The molecule has 0 aliphatic rings. The van der Waals surface area contributed by atoms with E-state index in [1.54, 1.807) is 0 Å². The average molecular weight is 231 g/mol. The standard InChI is InChI=1S/C8H17N5O3/c9-5(7(15)16)4-13-6(14)2-1-3-12-8(10)11/h5H,1-4,9H2,(H,13,14)(H,15,16)(H4,10,11,12). The minimum Gasteiger partial charge on any atom is -0.480 e. The number of carboxylic acid groups (broad SMARTS) is 1. The minimum atomic E-state index is -1.15. The Hall–Kier alpha value is -1.83. The molecule has 0 fully saturated rings. The lowest BCUT2D eigenvalue weighted by molar-refractivity contribution is -0.138. The summed E-state index contributed by atoms with van der Waals surface area (Å²) < 4.78 is 0. The maximum Gasteiger partial charge on any atom is 0.322 e. The van der Waals surface area contributed by atoms with Crippen molar-refractivity contribution in [2.24, 2.45) is 22.2 Å². The molecule has 1 unspecified atom stereocenters. The van der Waals surface area contributed by atoms with Gasteiger partial charge in [-0.3, -0.25) is 14.6 Å². The Bertz CT molecular complexity index is 275. The van der Waals surface area contributed by atoms with Gasteiger partial charge < -0.3 is 27.6 Å². The van der Waals surface area contributed by atoms with Crippen LogP contribution in [0, 0.1) is 0 Å². The van der Waals surface area contributed by atoms with Gasteiger partial charge in [0.15, 0.2) is 5.96 Å². The van der Waals surface area contributed by atoms with Crippen molar-refractivity contribution in [3.8, 4) is 0 Å². The van der Waals surface area contributed by atoms with Gasteiger partial charge in [0.05, 0.1) is 0 Å². The predicted molar refractivity (Wildman–Crippen MR) is 58.5 cm³/mol. The van der Waals surface area contributed by atoms with Crippen LogP contribution in [0.4, 0.5) is 0 Å². The van der Waals surface area contributed by atoms with Gasteiger partial charge in [-0.25, -0.2) is 0 Å². The number of carbonyl (C=O) groups is 2. The van der Waals surface area contributed by atoms with E-state index in [0.717, 1.165) is 0 Å². The van der Waals surface area contributed by atoms with Gasteiger partial charge in [-0.2, -0.15) is 0 Å². The molecule has 0 aromatic carbocycles. The summed E-state index contributed by atoms with van der Waals surface area (Å²) in [5, 5.41) is 10.8. The Balaban J connectivity index is 3.60. The molecule has 8 nitrogen and oxygen atoms in total. The van der Waals surface area contributed by atoms with Gasteiger partial charge in [0.2, 0.25) is 5.91 Å². The second-order valence-corrected chi connectivity index (χ2v) is 3.16. The Morgan fingerprint density at radius 2 is 2.00 bits per heavy atom. The summed E-state index contributed by atoms with van der Waals surface area (Å²) in [6, 6.07) is -1.08. The fourth-order valence-corrected chi connectivity index (χ4v) is 0.847. The van der Waals surface area contributed by atoms with Crippen molar-refractivity contribution in [2.75, 3.05) is 13.1 Å². The van der Waals surface area contributed by atoms with Gasteiger partial charge in [0.25, 0.3) is 0 Å². The Morgan fingerprint density at radius 1 is 1.38 bits per heavy atom. The zero-order chi connectivity index (χ0) is 12.6. The van der Waals surface area contributed by atoms with Crippen LogP contribution in [0.15, 0.2) is 4.99 Å². The monoisotopic (exact) mass is 231 g/mol. The Kier molecular flexibility index (Phi) is 6.61. The van der Waals surface area contributed by atoms with Gasteiger partial charge >= 0.3 is 5.97 Å². The minimum absolute atomic E-state index is 0.0201. The third-order valence-corrected chi connectivity index (χ3v) is 1.69. The molecular weight excluding hydrogens is 214 g/mol. The summed E-state index contributed by atoms with van der Waals surface area (Å²) in [5.74, 6) is -1.45. The van der Waals surface area contributed by atoms with E-state index in [1.165, 1.54) is 0 Å². The van der Waals surface area contributed by atoms with Crippen LogP contribution < -0.4 is 22.5 Å². The summed E-state index contributed by atoms with van der Waals surface area (Å²) in [4.78, 5) is 25.2. The second-order valence-electron chi connectivity index (χ2n) is 3.16. The van der Waals surface area contributed by atoms with E-state index in [2.05, 4.69) is 10.3 Å². The lowest BCUT2D eigenvalue weighted by Gasteiger charge is -2.07. The molecular formula is C8H17N5O3. The molecule has 0 bridgehead atoms. The number of nitrogens with one attached hydrogen (secondary N) is 1. The van der Waals surface area contributed by atoms with Gasteiger partial charge in [0, 0.05) is 19.5 Å². The summed E-state index contributed by atoms with van der Waals surface area (Å²) in [5.41, 5.74) is 15.4. The molecule has 0 spiro atoms. The van der Waals surface area contributed by atoms with Crippen LogP contribution in [0.3, 0.4) is 0 Å². The highest BCUT2D eigenvalue weighted by molar-refractivity contribution is 5.78. The number of amides is 1. The van der Waals surface area contributed by atoms with Crippen molar-refractivity contribution in [2.45, 2.75) is 18.9 Å². The van der Waals surface area contributed by atoms with Crippen LogP contribution in [0.25, 0.3) is 0 Å². The normalized spacial score (nSPS) is 11.6. The number of aliphatic carboxylic acids is 1. The number of nitrogens with two attached hydrogens (primary N) is 3. The molecule has 1 amide bonds. The van der Waals surface area contributed by atoms with Crippen molar-refractivity contribution in [3.05, 3.63) is 0 Å². The third-order valence-electron chi connectivity index (χ3n) is 1.69. The van der Waals surface area contributed by atoms with Gasteiger partial charge in [0.1, 0.15) is 6.04 Å². The number of carboxylic acids is 1. The van der Waals surface area contributed by atoms with E-state index in [-0.39, 0.29) is 24.8 Å². The van der Waals surface area contributed by atoms with Gasteiger partial charge in [-0.1, -0.05) is 0 Å². The largest absolute Gasteiger partial charge is 0.480 e. The van der Waals surface area contributed by atoms with Crippen molar-refractivity contribution in [1.82, 2.24) is 5.32 Å². The van der Waals surface area contributed by atoms with Gasteiger partial charge in [-0.15, -0.1) is 0 Å². The molecule has 16 heavy (non-hydrogen) atoms. The quantitative estimate of drug-likeness (QED) is 0.186. The van der Waals surface area contributed by atoms with Crippen LogP contribution in [0.2, 0.25) is 0 Å². The number of nitrogens with zero attached hydrogens (tertiary/aromatic N) is 1. The molecule has 8 heteroatoms. The smallest absolute Gasteiger partial charge is 0.322 e. The molecule has 8 N–H and O–H groups in total. The number of carbonyl (C=O) groups excluding carboxylic acids is 1. The molecule has 92 valence electrons. The molecule has 0 aliphatic carbocycles. The van der Waals surface area contributed by atoms with E-state index in [9.17, 15) is 9.59 Å². The number of aliphatic imine (C=N–C) groups is 1. The van der Waals surface area contributed by atoms with Crippen LogP contribution >= 0.6 is 0 Å². The van der Waals surface area contributed by atoms with E-state index < -0.39 is 12.0 Å². The van der Waals surface area contributed by atoms with Crippen LogP contribution in [-0.2, 0) is 9.59 Å². The summed E-state index contributed by atoms with van der Waals surface area (Å²) in [6.45, 7) is 0.275. The average Bonchev–Trinajstić information content (AvgIpc) is 2.20. The maximum absolute atomic E-state index is 11.1. The first-order valence-corrected chi connectivity index (χ1v) is 4.74. The predicted octanol–water partition coefficient (Wildman–Crippen LogP) is -2.43. The molecule has 0 saturated heterocycles. The van der Waals surface area contributed by atoms with E-state index in [1.807, 2.05) is 0 Å². The number of hydrogen-bond acceptors (Lipinski definition) is 4. The molecule has 0 aliphatic heterocycles. The first-order chi connectivity index (χ1) is 7.43. The molecule has 0 radical (unpaired) electrons. The van der Waals surface area contributed by atoms with Crippen LogP contribution in [0.5, 0.6) is 0 Å². The highest BCUT2D eigenvalue weighted by Crippen LogP contribution is 1.89. The number of hydrogen-bond donors (Lipinski definition) is 5. The van der Waals surface area contributed by atoms with Crippen molar-refractivity contribution >= 4 is 17.8 Å². The summed E-state index contributed by atoms with van der Waals surface area (Å²) in [7, 11) is 0. The van der Waals surface area contributed by atoms with Crippen LogP contribution in [0.1, 0.15) is 12.8 Å². The second kappa shape index (κ2) is 7.46. The highest BCUT2D eigenvalue weighted by Gasteiger charge is 2.11. The van der Waals surface area contributed by atoms with E-state index in [0.29, 0.717) is 13.0 Å². The Morgan fingerprint density at radius 3 is 2.50 bits per heavy atom. The zero-order valence-corrected chi connectivity index (χ0v) is 8.85. The number of guanidine groups is 1. The summed E-state index contributed by atoms with van der Waals surface area (Å²) >= 11 is 0. The first kappa shape index (κ1) is 14.2. The maximum atomic E-state index is 11.1. The zero-order valence-electron chi connectivity index (χ0n) is 8.85. The Labute approximate surface area is 92.9 Å². The molecule has 0 rings (SSSR count). The van der Waals surface area contributed by atoms with Gasteiger partial charge in [-0.05, 0) is 6.42 Å². The highest BCUT2D eigenvalue weighted by atomic mass is 16.4. The van der Waals surface area contributed by atoms with E-state index in [4.69, 9.17) is 22.3 Å². The van der Waals surface area contributed by atoms with E-state index >= 15 is 0 Å².